The number of para-hydroxylation sites is 4. The largest absolute Gasteiger partial charge is 0.309 e. The van der Waals surface area contributed by atoms with E-state index in [4.69, 9.17) is 0 Å². The highest BCUT2D eigenvalue weighted by Gasteiger charge is 2.24. The van der Waals surface area contributed by atoms with E-state index in [0.717, 1.165) is 28.3 Å². The molecule has 0 saturated heterocycles. The third-order valence-electron chi connectivity index (χ3n) is 14.0. The number of nitrogens with zero attached hydrogens (tertiary/aromatic N) is 2. The highest BCUT2D eigenvalue weighted by molar-refractivity contribution is 6.10. The third kappa shape index (κ3) is 7.16. The summed E-state index contributed by atoms with van der Waals surface area (Å²) in [6, 6.07) is 87.3. The van der Waals surface area contributed by atoms with Crippen LogP contribution in [-0.4, -0.2) is 4.57 Å². The monoisotopic (exact) mass is 846 g/mol. The van der Waals surface area contributed by atoms with Crippen molar-refractivity contribution in [2.45, 2.75) is 38.0 Å². The van der Waals surface area contributed by atoms with Gasteiger partial charge in [0.05, 0.1) is 22.4 Å². The van der Waals surface area contributed by atoms with Crippen molar-refractivity contribution in [1.82, 2.24) is 4.57 Å². The van der Waals surface area contributed by atoms with Crippen LogP contribution < -0.4 is 4.90 Å². The number of aromatic nitrogens is 1. The van der Waals surface area contributed by atoms with E-state index in [2.05, 4.69) is 246 Å². The lowest BCUT2D eigenvalue weighted by Crippen LogP contribution is -2.13. The van der Waals surface area contributed by atoms with E-state index < -0.39 is 0 Å². The lowest BCUT2D eigenvalue weighted by atomic mass is 9.80. The molecule has 0 spiro atoms. The number of rotatable bonds is 9. The first kappa shape index (κ1) is 39.6. The maximum atomic E-state index is 2.51. The summed E-state index contributed by atoms with van der Waals surface area (Å²) in [5, 5.41) is 5.20. The lowest BCUT2D eigenvalue weighted by molar-refractivity contribution is 0.445. The van der Waals surface area contributed by atoms with Crippen molar-refractivity contribution >= 4 is 49.6 Å². The van der Waals surface area contributed by atoms with Crippen LogP contribution in [0.4, 0.5) is 17.1 Å². The van der Waals surface area contributed by atoms with Crippen LogP contribution in [0.2, 0.25) is 0 Å². The average molecular weight is 847 g/mol. The molecule has 66 heavy (non-hydrogen) atoms. The number of benzene rings is 10. The van der Waals surface area contributed by atoms with Crippen molar-refractivity contribution in [2.24, 2.45) is 0 Å². The van der Waals surface area contributed by atoms with Gasteiger partial charge < -0.3 is 9.47 Å². The molecule has 0 bridgehead atoms. The first-order chi connectivity index (χ1) is 32.8. The molecule has 1 saturated carbocycles. The fraction of sp³-hybridized carbons (Fsp3) is 0.0938. The highest BCUT2D eigenvalue weighted by Crippen LogP contribution is 2.48. The van der Waals surface area contributed by atoms with Crippen LogP contribution in [0, 0.1) is 0 Å². The summed E-state index contributed by atoms with van der Waals surface area (Å²) in [5.74, 6) is 0.570. The normalized spacial score (nSPS) is 13.1. The van der Waals surface area contributed by atoms with Crippen LogP contribution in [0.1, 0.15) is 43.6 Å². The second-order valence-corrected chi connectivity index (χ2v) is 17.9. The molecule has 2 heteroatoms. The van der Waals surface area contributed by atoms with Crippen molar-refractivity contribution in [3.63, 3.8) is 0 Å². The summed E-state index contributed by atoms with van der Waals surface area (Å²) in [5.41, 5.74) is 18.1. The standard InChI is InChI=1S/C64H50N2/c1-4-19-45(20-5-1)46-37-39-48(40-38-46)54-29-10-13-34-60(54)66(62-36-15-12-31-57(62)59-33-18-24-49-23-17-32-55(64(49)59)47-21-6-2-7-22-47)53-28-16-25-50(43-53)51-41-42-58-56-30-11-14-35-61(56)65(63(58)44-51)52-26-8-3-9-27-52/h1,3-5,8-20,23-44,47H,2,6-7,21-22H2. The summed E-state index contributed by atoms with van der Waals surface area (Å²) >= 11 is 0. The van der Waals surface area contributed by atoms with E-state index >= 15 is 0 Å². The number of hydrogen-bond acceptors (Lipinski definition) is 1. The molecule has 316 valence electrons. The summed E-state index contributed by atoms with van der Waals surface area (Å²) in [6.45, 7) is 0. The van der Waals surface area contributed by atoms with Gasteiger partial charge in [-0.1, -0.05) is 207 Å². The molecule has 1 fully saturated rings. The minimum atomic E-state index is 0.570. The van der Waals surface area contributed by atoms with E-state index in [1.54, 1.807) is 0 Å². The molecule has 0 atom stereocenters. The lowest BCUT2D eigenvalue weighted by Gasteiger charge is -2.31. The molecular formula is C64H50N2. The number of anilines is 3. The predicted molar refractivity (Wildman–Crippen MR) is 281 cm³/mol. The fourth-order valence-electron chi connectivity index (χ4n) is 10.9. The Labute approximate surface area is 387 Å². The Bertz CT molecular complexity index is 3500. The van der Waals surface area contributed by atoms with Crippen molar-refractivity contribution in [1.29, 1.82) is 0 Å². The van der Waals surface area contributed by atoms with Gasteiger partial charge in [-0.3, -0.25) is 0 Å². The highest BCUT2D eigenvalue weighted by atomic mass is 15.1. The predicted octanol–water partition coefficient (Wildman–Crippen LogP) is 18.1. The topological polar surface area (TPSA) is 8.17 Å². The SMILES string of the molecule is c1ccc(-c2ccc(-c3ccccc3N(c3cccc(-c4ccc5c6ccccc6n(-c6ccccc6)c5c4)c3)c3ccccc3-c3cccc4cccc(C5CCCCC5)c34)cc2)cc1. The Balaban J connectivity index is 1.06. The zero-order valence-electron chi connectivity index (χ0n) is 37.0. The average Bonchev–Trinajstić information content (AvgIpc) is 3.73. The van der Waals surface area contributed by atoms with Crippen LogP contribution in [0.15, 0.2) is 237 Å². The van der Waals surface area contributed by atoms with Crippen molar-refractivity contribution in [3.8, 4) is 50.2 Å². The van der Waals surface area contributed by atoms with Gasteiger partial charge in [-0.15, -0.1) is 0 Å². The van der Waals surface area contributed by atoms with E-state index in [-0.39, 0.29) is 0 Å². The van der Waals surface area contributed by atoms with Crippen LogP contribution >= 0.6 is 0 Å². The zero-order chi connectivity index (χ0) is 43.8. The number of hydrogen-bond donors (Lipinski definition) is 0. The fourth-order valence-corrected chi connectivity index (χ4v) is 10.9. The Morgan fingerprint density at radius 2 is 0.924 bits per heavy atom. The molecule has 1 aliphatic rings. The molecule has 1 aliphatic carbocycles. The van der Waals surface area contributed by atoms with Crippen molar-refractivity contribution in [3.05, 3.63) is 242 Å². The van der Waals surface area contributed by atoms with Crippen LogP contribution in [0.3, 0.4) is 0 Å². The van der Waals surface area contributed by atoms with Gasteiger partial charge >= 0.3 is 0 Å². The van der Waals surface area contributed by atoms with Crippen molar-refractivity contribution in [2.75, 3.05) is 4.90 Å². The molecule has 11 aromatic rings. The molecule has 1 heterocycles. The van der Waals surface area contributed by atoms with E-state index in [1.807, 2.05) is 0 Å². The molecule has 0 aliphatic heterocycles. The van der Waals surface area contributed by atoms with E-state index in [9.17, 15) is 0 Å². The second-order valence-electron chi connectivity index (χ2n) is 17.9. The minimum Gasteiger partial charge on any atom is -0.309 e. The quantitative estimate of drug-likeness (QED) is 0.140. The third-order valence-corrected chi connectivity index (χ3v) is 14.0. The Morgan fingerprint density at radius 1 is 0.364 bits per heavy atom. The smallest absolute Gasteiger partial charge is 0.0547 e. The molecule has 0 unspecified atom stereocenters. The maximum absolute atomic E-state index is 2.51. The van der Waals surface area contributed by atoms with Gasteiger partial charge in [0.25, 0.3) is 0 Å². The molecule has 10 aromatic carbocycles. The molecular weight excluding hydrogens is 797 g/mol. The van der Waals surface area contributed by atoms with Gasteiger partial charge in [0, 0.05) is 33.3 Å². The first-order valence-corrected chi connectivity index (χ1v) is 23.6. The molecule has 0 amide bonds. The zero-order valence-corrected chi connectivity index (χ0v) is 37.0. The van der Waals surface area contributed by atoms with E-state index in [0.29, 0.717) is 5.92 Å². The Kier molecular flexibility index (Phi) is 10.3. The van der Waals surface area contributed by atoms with E-state index in [1.165, 1.54) is 109 Å². The van der Waals surface area contributed by atoms with Gasteiger partial charge in [-0.05, 0) is 117 Å². The van der Waals surface area contributed by atoms with Gasteiger partial charge in [0.15, 0.2) is 0 Å². The maximum Gasteiger partial charge on any atom is 0.0547 e. The minimum absolute atomic E-state index is 0.570. The Morgan fingerprint density at radius 3 is 1.73 bits per heavy atom. The van der Waals surface area contributed by atoms with Crippen LogP contribution in [0.5, 0.6) is 0 Å². The van der Waals surface area contributed by atoms with Crippen molar-refractivity contribution < 1.29 is 0 Å². The molecule has 2 nitrogen and oxygen atoms in total. The first-order valence-electron chi connectivity index (χ1n) is 23.6. The summed E-state index contributed by atoms with van der Waals surface area (Å²) in [6.07, 6.45) is 6.44. The van der Waals surface area contributed by atoms with Crippen LogP contribution in [-0.2, 0) is 0 Å². The second kappa shape index (κ2) is 17.2. The summed E-state index contributed by atoms with van der Waals surface area (Å²) in [7, 11) is 0. The number of fused-ring (bicyclic) bond motifs is 4. The summed E-state index contributed by atoms with van der Waals surface area (Å²) < 4.78 is 2.41. The van der Waals surface area contributed by atoms with Gasteiger partial charge in [-0.2, -0.15) is 0 Å². The van der Waals surface area contributed by atoms with Gasteiger partial charge in [0.1, 0.15) is 0 Å². The molecule has 1 aromatic heterocycles. The Hall–Kier alpha value is -7.94. The molecule has 0 N–H and O–H groups in total. The van der Waals surface area contributed by atoms with Gasteiger partial charge in [0.2, 0.25) is 0 Å². The summed E-state index contributed by atoms with van der Waals surface area (Å²) in [4.78, 5) is 2.51. The van der Waals surface area contributed by atoms with Crippen LogP contribution in [0.25, 0.3) is 82.8 Å². The molecule has 0 radical (unpaired) electrons. The van der Waals surface area contributed by atoms with Gasteiger partial charge in [-0.25, -0.2) is 0 Å². The molecule has 12 rings (SSSR count).